The number of pyridine rings is 1. The Kier molecular flexibility index (Phi) is 5.13. The molecule has 0 spiro atoms. The lowest BCUT2D eigenvalue weighted by molar-refractivity contribution is -0.387. The number of halogens is 1. The summed E-state index contributed by atoms with van der Waals surface area (Å²) in [5.41, 5.74) is -0.275. The fourth-order valence-electron chi connectivity index (χ4n) is 2.33. The van der Waals surface area contributed by atoms with E-state index in [-0.39, 0.29) is 11.8 Å². The molecule has 1 atom stereocenters. The lowest BCUT2D eigenvalue weighted by Crippen LogP contribution is -2.17. The van der Waals surface area contributed by atoms with Crippen LogP contribution in [0.2, 0.25) is 0 Å². The second-order valence-corrected chi connectivity index (χ2v) is 6.51. The molecule has 7 nitrogen and oxygen atoms in total. The standard InChI is InChI=1S/C16H14FN3O4S/c17-13-2-1-11(8-14(13)20(22)23)19-16(21)10-3-5-18-15(7-10)24-12-4-6-25-9-12/h1-3,5,7-8,12H,4,6,9H2,(H,19,21). The van der Waals surface area contributed by atoms with Gasteiger partial charge in [-0.05, 0) is 30.4 Å². The molecule has 0 bridgehead atoms. The molecule has 9 heteroatoms. The first-order valence-corrected chi connectivity index (χ1v) is 8.64. The second kappa shape index (κ2) is 7.47. The Bertz CT molecular complexity index is 812. The summed E-state index contributed by atoms with van der Waals surface area (Å²) in [5, 5.41) is 13.3. The number of carbonyl (C=O) groups excluding carboxylic acids is 1. The third-order valence-electron chi connectivity index (χ3n) is 3.57. The minimum atomic E-state index is -0.961. The van der Waals surface area contributed by atoms with Crippen molar-refractivity contribution in [1.82, 2.24) is 4.98 Å². The first kappa shape index (κ1) is 17.2. The van der Waals surface area contributed by atoms with Crippen molar-refractivity contribution in [2.75, 3.05) is 16.8 Å². The van der Waals surface area contributed by atoms with Gasteiger partial charge < -0.3 is 10.1 Å². The normalized spacial score (nSPS) is 16.4. The van der Waals surface area contributed by atoms with Gasteiger partial charge in [0.25, 0.3) is 5.91 Å². The third kappa shape index (κ3) is 4.24. The summed E-state index contributed by atoms with van der Waals surface area (Å²) in [4.78, 5) is 26.3. The molecule has 25 heavy (non-hydrogen) atoms. The van der Waals surface area contributed by atoms with Crippen molar-refractivity contribution in [2.45, 2.75) is 12.5 Å². The Morgan fingerprint density at radius 1 is 1.40 bits per heavy atom. The van der Waals surface area contributed by atoms with Crippen LogP contribution >= 0.6 is 11.8 Å². The number of benzene rings is 1. The van der Waals surface area contributed by atoms with Crippen molar-refractivity contribution in [2.24, 2.45) is 0 Å². The summed E-state index contributed by atoms with van der Waals surface area (Å²) in [7, 11) is 0. The van der Waals surface area contributed by atoms with Gasteiger partial charge in [-0.3, -0.25) is 14.9 Å². The van der Waals surface area contributed by atoms with Crippen molar-refractivity contribution >= 4 is 29.0 Å². The van der Waals surface area contributed by atoms with Gasteiger partial charge in [-0.2, -0.15) is 16.2 Å². The van der Waals surface area contributed by atoms with E-state index in [1.807, 2.05) is 0 Å². The summed E-state index contributed by atoms with van der Waals surface area (Å²) in [6, 6.07) is 6.18. The molecule has 2 aromatic rings. The van der Waals surface area contributed by atoms with Crippen molar-refractivity contribution in [1.29, 1.82) is 0 Å². The van der Waals surface area contributed by atoms with Crippen molar-refractivity contribution in [3.05, 3.63) is 58.0 Å². The molecule has 130 valence electrons. The van der Waals surface area contributed by atoms with Gasteiger partial charge in [0.05, 0.1) is 4.92 Å². The Hall–Kier alpha value is -2.68. The van der Waals surface area contributed by atoms with E-state index in [2.05, 4.69) is 10.3 Å². The molecular formula is C16H14FN3O4S. The highest BCUT2D eigenvalue weighted by Gasteiger charge is 2.19. The number of hydrogen-bond donors (Lipinski definition) is 1. The molecular weight excluding hydrogens is 349 g/mol. The lowest BCUT2D eigenvalue weighted by Gasteiger charge is -2.12. The van der Waals surface area contributed by atoms with Crippen molar-refractivity contribution < 1.29 is 18.8 Å². The number of nitrogens with one attached hydrogen (secondary N) is 1. The van der Waals surface area contributed by atoms with E-state index in [1.54, 1.807) is 11.8 Å². The maximum atomic E-state index is 13.3. The van der Waals surface area contributed by atoms with Gasteiger partial charge in [-0.25, -0.2) is 4.98 Å². The molecule has 1 aliphatic heterocycles. The van der Waals surface area contributed by atoms with Gasteiger partial charge in [0, 0.05) is 35.3 Å². The zero-order valence-electron chi connectivity index (χ0n) is 13.0. The molecule has 1 aromatic carbocycles. The van der Waals surface area contributed by atoms with Crippen LogP contribution in [-0.2, 0) is 0 Å². The first-order chi connectivity index (χ1) is 12.0. The SMILES string of the molecule is O=C(Nc1ccc(F)c([N+](=O)[O-])c1)c1ccnc(OC2CCSC2)c1. The third-order valence-corrected chi connectivity index (χ3v) is 4.70. The number of ether oxygens (including phenoxy) is 1. The molecule has 2 heterocycles. The summed E-state index contributed by atoms with van der Waals surface area (Å²) >= 11 is 1.80. The molecule has 1 unspecified atom stereocenters. The van der Waals surface area contributed by atoms with Crippen LogP contribution in [0.3, 0.4) is 0 Å². The minimum absolute atomic E-state index is 0.0792. The summed E-state index contributed by atoms with van der Waals surface area (Å²) in [6.07, 6.45) is 2.47. The van der Waals surface area contributed by atoms with Crippen LogP contribution in [-0.4, -0.2) is 33.4 Å². The van der Waals surface area contributed by atoms with Crippen LogP contribution in [0.15, 0.2) is 36.5 Å². The van der Waals surface area contributed by atoms with Crippen LogP contribution in [0.25, 0.3) is 0 Å². The number of rotatable bonds is 5. The number of nitro benzene ring substituents is 1. The smallest absolute Gasteiger partial charge is 0.306 e. The van der Waals surface area contributed by atoms with Gasteiger partial charge in [-0.15, -0.1) is 0 Å². The number of nitro groups is 1. The predicted octanol–water partition coefficient (Wildman–Crippen LogP) is 3.27. The van der Waals surface area contributed by atoms with Gasteiger partial charge in [-0.1, -0.05) is 0 Å². The number of amides is 1. The molecule has 3 rings (SSSR count). The Balaban J connectivity index is 1.72. The van der Waals surface area contributed by atoms with Crippen LogP contribution < -0.4 is 10.1 Å². The van der Waals surface area contributed by atoms with E-state index in [1.165, 1.54) is 24.4 Å². The van der Waals surface area contributed by atoms with Crippen molar-refractivity contribution in [3.63, 3.8) is 0 Å². The second-order valence-electron chi connectivity index (χ2n) is 5.36. The highest BCUT2D eigenvalue weighted by molar-refractivity contribution is 7.99. The average Bonchev–Trinajstić information content (AvgIpc) is 3.09. The first-order valence-electron chi connectivity index (χ1n) is 7.48. The number of hydrogen-bond acceptors (Lipinski definition) is 6. The van der Waals surface area contributed by atoms with Gasteiger partial charge in [0.15, 0.2) is 0 Å². The van der Waals surface area contributed by atoms with Crippen LogP contribution in [0.5, 0.6) is 5.88 Å². The zero-order valence-corrected chi connectivity index (χ0v) is 13.8. The number of anilines is 1. The quantitative estimate of drug-likeness (QED) is 0.647. The number of thioether (sulfide) groups is 1. The molecule has 1 aliphatic rings. The molecule has 1 amide bonds. The maximum absolute atomic E-state index is 13.3. The predicted molar refractivity (Wildman–Crippen MR) is 91.6 cm³/mol. The molecule has 1 fully saturated rings. The lowest BCUT2D eigenvalue weighted by atomic mass is 10.2. The number of nitrogens with zero attached hydrogens (tertiary/aromatic N) is 2. The topological polar surface area (TPSA) is 94.4 Å². The zero-order chi connectivity index (χ0) is 17.8. The summed E-state index contributed by atoms with van der Waals surface area (Å²) in [6.45, 7) is 0. The fourth-order valence-corrected chi connectivity index (χ4v) is 3.42. The van der Waals surface area contributed by atoms with E-state index in [0.717, 1.165) is 30.1 Å². The van der Waals surface area contributed by atoms with Crippen LogP contribution in [0.4, 0.5) is 15.8 Å². The highest BCUT2D eigenvalue weighted by atomic mass is 32.2. The largest absolute Gasteiger partial charge is 0.473 e. The van der Waals surface area contributed by atoms with E-state index in [9.17, 15) is 19.3 Å². The molecule has 0 saturated carbocycles. The summed E-state index contributed by atoms with van der Waals surface area (Å²) < 4.78 is 19.1. The van der Waals surface area contributed by atoms with E-state index >= 15 is 0 Å². The van der Waals surface area contributed by atoms with Gasteiger partial charge in [0.1, 0.15) is 6.10 Å². The molecule has 0 radical (unpaired) electrons. The van der Waals surface area contributed by atoms with Gasteiger partial charge in [0.2, 0.25) is 11.7 Å². The van der Waals surface area contributed by atoms with Crippen LogP contribution in [0, 0.1) is 15.9 Å². The Morgan fingerprint density at radius 3 is 2.96 bits per heavy atom. The molecule has 1 saturated heterocycles. The monoisotopic (exact) mass is 363 g/mol. The van der Waals surface area contributed by atoms with Crippen LogP contribution in [0.1, 0.15) is 16.8 Å². The average molecular weight is 363 g/mol. The molecule has 1 N–H and O–H groups in total. The van der Waals surface area contributed by atoms with E-state index in [0.29, 0.717) is 11.4 Å². The van der Waals surface area contributed by atoms with E-state index in [4.69, 9.17) is 4.74 Å². The molecule has 0 aliphatic carbocycles. The molecule has 1 aromatic heterocycles. The highest BCUT2D eigenvalue weighted by Crippen LogP contribution is 2.24. The summed E-state index contributed by atoms with van der Waals surface area (Å²) in [5.74, 6) is 0.821. The maximum Gasteiger partial charge on any atom is 0.306 e. The fraction of sp³-hybridized carbons (Fsp3) is 0.250. The Labute approximate surface area is 146 Å². The van der Waals surface area contributed by atoms with Crippen molar-refractivity contribution in [3.8, 4) is 5.88 Å². The van der Waals surface area contributed by atoms with E-state index < -0.39 is 22.3 Å². The minimum Gasteiger partial charge on any atom is -0.473 e. The Morgan fingerprint density at radius 2 is 2.24 bits per heavy atom. The van der Waals surface area contributed by atoms with Gasteiger partial charge >= 0.3 is 5.69 Å². The number of carbonyl (C=O) groups is 1. The number of aromatic nitrogens is 1.